The fraction of sp³-hybridized carbons (Fsp3) is 0.262. The van der Waals surface area contributed by atoms with E-state index in [-0.39, 0.29) is 17.5 Å². The summed E-state index contributed by atoms with van der Waals surface area (Å²) in [6.45, 7) is 12.0. The zero-order chi connectivity index (χ0) is 31.3. The molecule has 13 rings (SSSR count). The number of ether oxygens (including phenoxy) is 1. The predicted molar refractivity (Wildman–Crippen MR) is 193 cm³/mol. The highest BCUT2D eigenvalue weighted by atomic mass is 16.5. The third-order valence-electron chi connectivity index (χ3n) is 13.2. The number of para-hydroxylation sites is 2. The second-order valence-electron chi connectivity index (χ2n) is 15.8. The molecule has 0 spiro atoms. The topological polar surface area (TPSA) is 32.0 Å². The van der Waals surface area contributed by atoms with Gasteiger partial charge in [0.1, 0.15) is 5.82 Å². The van der Waals surface area contributed by atoms with Gasteiger partial charge in [-0.3, -0.25) is 4.57 Å². The lowest BCUT2D eigenvalue weighted by atomic mass is 9.31. The van der Waals surface area contributed by atoms with Gasteiger partial charge in [0.2, 0.25) is 0 Å². The number of benzene rings is 5. The molecule has 5 heteroatoms. The normalized spacial score (nSPS) is 22.1. The van der Waals surface area contributed by atoms with Crippen molar-refractivity contribution in [3.8, 4) is 34.3 Å². The average Bonchev–Trinajstić information content (AvgIpc) is 3.61. The number of fused-ring (bicyclic) bond motifs is 6. The van der Waals surface area contributed by atoms with Crippen LogP contribution in [-0.2, 0) is 10.8 Å². The third kappa shape index (κ3) is 2.63. The van der Waals surface area contributed by atoms with E-state index in [9.17, 15) is 0 Å². The minimum Gasteiger partial charge on any atom is -0.453 e. The molecule has 2 aromatic heterocycles. The number of hydrogen-bond acceptors (Lipinski definition) is 2. The molecule has 47 heavy (non-hydrogen) atoms. The summed E-state index contributed by atoms with van der Waals surface area (Å²) in [6.07, 6.45) is 5.00. The molecule has 226 valence electrons. The molecule has 0 N–H and O–H groups in total. The smallest absolute Gasteiger partial charge is 0.252 e. The molecule has 6 aliphatic rings. The summed E-state index contributed by atoms with van der Waals surface area (Å²) in [7, 11) is 0. The Kier molecular flexibility index (Phi) is 4.14. The van der Waals surface area contributed by atoms with Crippen LogP contribution in [0.25, 0.3) is 55.6 Å². The van der Waals surface area contributed by atoms with E-state index in [1.54, 1.807) is 11.1 Å². The minimum atomic E-state index is 0.109. The fourth-order valence-corrected chi connectivity index (χ4v) is 11.0. The zero-order valence-corrected chi connectivity index (χ0v) is 27.5. The van der Waals surface area contributed by atoms with Crippen LogP contribution in [0.2, 0.25) is 0 Å². The van der Waals surface area contributed by atoms with Gasteiger partial charge < -0.3 is 9.30 Å². The second kappa shape index (κ2) is 7.68. The highest BCUT2D eigenvalue weighted by molar-refractivity contribution is 7.00. The number of nitrogens with zero attached hydrogens (tertiary/aromatic N) is 3. The lowest BCUT2D eigenvalue weighted by molar-refractivity contribution is 0.189. The average molecular weight is 608 g/mol. The van der Waals surface area contributed by atoms with E-state index in [0.717, 1.165) is 22.8 Å². The first-order valence-electron chi connectivity index (χ1n) is 17.4. The van der Waals surface area contributed by atoms with Crippen molar-refractivity contribution in [2.24, 2.45) is 0 Å². The summed E-state index contributed by atoms with van der Waals surface area (Å²) < 4.78 is 11.9. The predicted octanol–water partition coefficient (Wildman–Crippen LogP) is 8.07. The summed E-state index contributed by atoms with van der Waals surface area (Å²) in [5.41, 5.74) is 20.4. The first kappa shape index (κ1) is 25.3. The van der Waals surface area contributed by atoms with Gasteiger partial charge >= 0.3 is 0 Å². The van der Waals surface area contributed by atoms with Gasteiger partial charge in [0, 0.05) is 22.0 Å². The standard InChI is InChI=1S/C42H34BN3O/c1-21-9-6-10-22(2)31(21)40-44-27-20-25-33(42(5)17-15-41(25,4)16-18-42)35-38(27)45(40)28-19-23(3)32-24-11-7-13-29-36(24)46-37-26(12-8-14-30(37)47-29)43(35)34(28)39(32)46/h6-14,19-20H,15-18H2,1-5H3. The Morgan fingerprint density at radius 3 is 2.26 bits per heavy atom. The van der Waals surface area contributed by atoms with E-state index < -0.39 is 0 Å². The van der Waals surface area contributed by atoms with Gasteiger partial charge in [0.05, 0.1) is 27.8 Å². The van der Waals surface area contributed by atoms with Crippen LogP contribution in [-0.4, -0.2) is 20.8 Å². The number of rotatable bonds is 1. The Balaban J connectivity index is 1.38. The highest BCUT2D eigenvalue weighted by Crippen LogP contribution is 2.57. The number of aryl methyl sites for hydroxylation is 3. The van der Waals surface area contributed by atoms with Crippen LogP contribution >= 0.6 is 0 Å². The number of imidazole rings is 1. The first-order chi connectivity index (χ1) is 22.8. The molecule has 0 atom stereocenters. The van der Waals surface area contributed by atoms with Crippen molar-refractivity contribution in [3.63, 3.8) is 0 Å². The first-order valence-corrected chi connectivity index (χ1v) is 17.4. The highest BCUT2D eigenvalue weighted by Gasteiger charge is 2.53. The summed E-state index contributed by atoms with van der Waals surface area (Å²) in [4.78, 5) is 5.67. The van der Waals surface area contributed by atoms with Crippen LogP contribution in [0.3, 0.4) is 0 Å². The van der Waals surface area contributed by atoms with E-state index in [2.05, 4.69) is 110 Å². The number of hydrogen-bond donors (Lipinski definition) is 0. The molecule has 4 nitrogen and oxygen atoms in total. The van der Waals surface area contributed by atoms with Crippen LogP contribution in [0.1, 0.15) is 67.3 Å². The molecular weight excluding hydrogens is 573 g/mol. The molecule has 0 radical (unpaired) electrons. The van der Waals surface area contributed by atoms with Gasteiger partial charge in [0.25, 0.3) is 6.71 Å². The Hall–Kier alpha value is -4.77. The van der Waals surface area contributed by atoms with Crippen molar-refractivity contribution in [1.82, 2.24) is 14.1 Å². The maximum absolute atomic E-state index is 6.76. The Labute approximate surface area is 274 Å². The molecule has 2 bridgehead atoms. The van der Waals surface area contributed by atoms with E-state index >= 15 is 0 Å². The van der Waals surface area contributed by atoms with Crippen molar-refractivity contribution >= 4 is 55.9 Å². The molecule has 3 aliphatic heterocycles. The van der Waals surface area contributed by atoms with Gasteiger partial charge in [-0.1, -0.05) is 56.3 Å². The minimum absolute atomic E-state index is 0.109. The maximum Gasteiger partial charge on any atom is 0.252 e. The van der Waals surface area contributed by atoms with Gasteiger partial charge in [-0.2, -0.15) is 0 Å². The van der Waals surface area contributed by atoms with E-state index in [0.29, 0.717) is 0 Å². The van der Waals surface area contributed by atoms with Gasteiger partial charge in [-0.15, -0.1) is 0 Å². The van der Waals surface area contributed by atoms with Crippen LogP contribution in [0.15, 0.2) is 66.7 Å². The molecule has 5 aromatic carbocycles. The summed E-state index contributed by atoms with van der Waals surface area (Å²) in [5, 5.41) is 2.64. The molecule has 1 fully saturated rings. The molecule has 7 aromatic rings. The maximum atomic E-state index is 6.76. The van der Waals surface area contributed by atoms with Crippen molar-refractivity contribution in [2.45, 2.75) is 71.1 Å². The monoisotopic (exact) mass is 607 g/mol. The molecule has 0 amide bonds. The van der Waals surface area contributed by atoms with Gasteiger partial charge in [-0.25, -0.2) is 4.98 Å². The Morgan fingerprint density at radius 2 is 1.45 bits per heavy atom. The Bertz CT molecular complexity index is 2660. The third-order valence-corrected chi connectivity index (χ3v) is 13.2. The molecule has 1 saturated carbocycles. The van der Waals surface area contributed by atoms with Crippen molar-refractivity contribution < 1.29 is 4.74 Å². The quantitative estimate of drug-likeness (QED) is 0.177. The van der Waals surface area contributed by atoms with Crippen molar-refractivity contribution in [2.75, 3.05) is 0 Å². The molecular formula is C42H34BN3O. The van der Waals surface area contributed by atoms with E-state index in [1.807, 2.05) is 0 Å². The number of aromatic nitrogens is 3. The zero-order valence-electron chi connectivity index (χ0n) is 27.5. The fourth-order valence-electron chi connectivity index (χ4n) is 11.0. The molecule has 0 unspecified atom stereocenters. The van der Waals surface area contributed by atoms with Gasteiger partial charge in [-0.05, 0) is 126 Å². The van der Waals surface area contributed by atoms with E-state index in [4.69, 9.17) is 9.72 Å². The van der Waals surface area contributed by atoms with Crippen LogP contribution in [0.5, 0.6) is 11.5 Å². The largest absolute Gasteiger partial charge is 0.453 e. The van der Waals surface area contributed by atoms with Crippen LogP contribution in [0, 0.1) is 20.8 Å². The lowest BCUT2D eigenvalue weighted by Crippen LogP contribution is -2.63. The second-order valence-corrected chi connectivity index (χ2v) is 15.8. The SMILES string of the molecule is Cc1cccc(C)c1-c1nc2cc3c(c4c2n1-c1cc(C)c2c5cccc6c5n5c2c1B4c1cccc(c1-5)O6)C1(C)CCC3(C)CC1. The lowest BCUT2D eigenvalue weighted by Gasteiger charge is -2.54. The summed E-state index contributed by atoms with van der Waals surface area (Å²) in [5.74, 6) is 2.99. The van der Waals surface area contributed by atoms with Crippen molar-refractivity contribution in [1.29, 1.82) is 0 Å². The van der Waals surface area contributed by atoms with Gasteiger partial charge in [0.15, 0.2) is 11.5 Å². The Morgan fingerprint density at radius 1 is 0.723 bits per heavy atom. The molecule has 0 saturated heterocycles. The summed E-state index contributed by atoms with van der Waals surface area (Å²) in [6, 6.07) is 25.0. The van der Waals surface area contributed by atoms with E-state index in [1.165, 1.54) is 103 Å². The van der Waals surface area contributed by atoms with Crippen molar-refractivity contribution in [3.05, 3.63) is 94.5 Å². The molecule has 3 aliphatic carbocycles. The van der Waals surface area contributed by atoms with Crippen LogP contribution < -0.4 is 21.1 Å². The summed E-state index contributed by atoms with van der Waals surface area (Å²) >= 11 is 0. The molecule has 5 heterocycles. The van der Waals surface area contributed by atoms with Crippen LogP contribution in [0.4, 0.5) is 0 Å².